The zero-order valence-electron chi connectivity index (χ0n) is 21.7. The Morgan fingerprint density at radius 1 is 1.03 bits per heavy atom. The summed E-state index contributed by atoms with van der Waals surface area (Å²) in [4.78, 5) is 24.8. The number of hydrogen-bond acceptors (Lipinski definition) is 4. The molecule has 6 heteroatoms. The molecule has 1 N–H and O–H groups in total. The van der Waals surface area contributed by atoms with Gasteiger partial charge in [-0.3, -0.25) is 4.79 Å². The molecule has 0 radical (unpaired) electrons. The van der Waals surface area contributed by atoms with E-state index in [0.29, 0.717) is 19.0 Å². The van der Waals surface area contributed by atoms with Gasteiger partial charge in [0.05, 0.1) is 11.3 Å². The van der Waals surface area contributed by atoms with Crippen LogP contribution < -0.4 is 5.32 Å². The SMILES string of the molecule is CC(C)N(Cc1ccccc1)C(=O)c1cnc(NCc2cccc3c2C=CCC3)nc1-c1ccccc1F. The van der Waals surface area contributed by atoms with Gasteiger partial charge < -0.3 is 10.2 Å². The number of carbonyl (C=O) groups excluding carboxylic acids is 1. The highest BCUT2D eigenvalue weighted by atomic mass is 19.1. The highest BCUT2D eigenvalue weighted by molar-refractivity contribution is 6.00. The molecule has 0 atom stereocenters. The molecule has 0 fully saturated rings. The smallest absolute Gasteiger partial charge is 0.258 e. The van der Waals surface area contributed by atoms with E-state index in [4.69, 9.17) is 0 Å². The molecule has 1 aromatic heterocycles. The number of amides is 1. The number of halogens is 1. The molecule has 38 heavy (non-hydrogen) atoms. The Balaban J connectivity index is 1.48. The van der Waals surface area contributed by atoms with E-state index in [9.17, 15) is 9.18 Å². The lowest BCUT2D eigenvalue weighted by molar-refractivity contribution is 0.0690. The summed E-state index contributed by atoms with van der Waals surface area (Å²) in [6, 6.07) is 22.5. The van der Waals surface area contributed by atoms with E-state index < -0.39 is 5.82 Å². The Labute approximate surface area is 223 Å². The number of rotatable bonds is 8. The summed E-state index contributed by atoms with van der Waals surface area (Å²) in [6.07, 6.45) is 7.94. The number of fused-ring (bicyclic) bond motifs is 1. The number of hydrogen-bond donors (Lipinski definition) is 1. The maximum Gasteiger partial charge on any atom is 0.258 e. The summed E-state index contributed by atoms with van der Waals surface area (Å²) in [5.41, 5.74) is 5.52. The van der Waals surface area contributed by atoms with Gasteiger partial charge in [0.15, 0.2) is 0 Å². The fourth-order valence-corrected chi connectivity index (χ4v) is 4.77. The van der Waals surface area contributed by atoms with Crippen LogP contribution >= 0.6 is 0 Å². The lowest BCUT2D eigenvalue weighted by Crippen LogP contribution is -2.37. The first-order valence-electron chi connectivity index (χ1n) is 13.0. The first-order valence-corrected chi connectivity index (χ1v) is 13.0. The van der Waals surface area contributed by atoms with Gasteiger partial charge in [0.25, 0.3) is 5.91 Å². The van der Waals surface area contributed by atoms with Crippen molar-refractivity contribution >= 4 is 17.9 Å². The molecule has 0 aliphatic heterocycles. The van der Waals surface area contributed by atoms with E-state index in [1.807, 2.05) is 44.2 Å². The maximum absolute atomic E-state index is 15.0. The second-order valence-corrected chi connectivity index (χ2v) is 9.73. The number of aryl methyl sites for hydroxylation is 1. The van der Waals surface area contributed by atoms with Crippen molar-refractivity contribution in [3.63, 3.8) is 0 Å². The maximum atomic E-state index is 15.0. The molecule has 0 spiro atoms. The van der Waals surface area contributed by atoms with Crippen molar-refractivity contribution in [1.82, 2.24) is 14.9 Å². The lowest BCUT2D eigenvalue weighted by Gasteiger charge is -2.27. The minimum absolute atomic E-state index is 0.0775. The van der Waals surface area contributed by atoms with Gasteiger partial charge in [-0.05, 0) is 61.1 Å². The highest BCUT2D eigenvalue weighted by Gasteiger charge is 2.25. The van der Waals surface area contributed by atoms with Crippen molar-refractivity contribution in [1.29, 1.82) is 0 Å². The lowest BCUT2D eigenvalue weighted by atomic mass is 9.93. The molecule has 1 aliphatic rings. The third-order valence-corrected chi connectivity index (χ3v) is 6.82. The largest absolute Gasteiger partial charge is 0.350 e. The second kappa shape index (κ2) is 11.4. The molecule has 0 saturated heterocycles. The molecule has 3 aromatic carbocycles. The molecular weight excluding hydrogens is 475 g/mol. The minimum Gasteiger partial charge on any atom is -0.350 e. The molecule has 1 heterocycles. The molecule has 0 bridgehead atoms. The summed E-state index contributed by atoms with van der Waals surface area (Å²) in [5, 5.41) is 3.30. The van der Waals surface area contributed by atoms with Gasteiger partial charge in [0.1, 0.15) is 5.82 Å². The molecular formula is C32H31FN4O. The Morgan fingerprint density at radius 2 is 1.82 bits per heavy atom. The third-order valence-electron chi connectivity index (χ3n) is 6.82. The van der Waals surface area contributed by atoms with Gasteiger partial charge in [0, 0.05) is 30.9 Å². The van der Waals surface area contributed by atoms with Crippen LogP contribution in [-0.2, 0) is 19.5 Å². The van der Waals surface area contributed by atoms with Crippen LogP contribution in [0, 0.1) is 5.82 Å². The zero-order valence-corrected chi connectivity index (χ0v) is 21.7. The van der Waals surface area contributed by atoms with Crippen LogP contribution in [0.3, 0.4) is 0 Å². The fourth-order valence-electron chi connectivity index (χ4n) is 4.77. The Hall–Kier alpha value is -4.32. The van der Waals surface area contributed by atoms with Crippen LogP contribution in [0.5, 0.6) is 0 Å². The number of benzene rings is 3. The Bertz CT molecular complexity index is 1470. The van der Waals surface area contributed by atoms with Crippen molar-refractivity contribution in [3.8, 4) is 11.3 Å². The first-order chi connectivity index (χ1) is 18.5. The quantitative estimate of drug-likeness (QED) is 0.282. The van der Waals surface area contributed by atoms with Crippen LogP contribution in [-0.4, -0.2) is 26.8 Å². The molecule has 5 rings (SSSR count). The molecule has 192 valence electrons. The Morgan fingerprint density at radius 3 is 2.61 bits per heavy atom. The number of carbonyl (C=O) groups is 1. The predicted octanol–water partition coefficient (Wildman–Crippen LogP) is 6.91. The van der Waals surface area contributed by atoms with E-state index >= 15 is 0 Å². The first kappa shape index (κ1) is 25.3. The van der Waals surface area contributed by atoms with Crippen molar-refractivity contribution in [2.45, 2.75) is 45.8 Å². The van der Waals surface area contributed by atoms with Gasteiger partial charge in [-0.25, -0.2) is 14.4 Å². The summed E-state index contributed by atoms with van der Waals surface area (Å²) in [6.45, 7) is 4.88. The van der Waals surface area contributed by atoms with Crippen molar-refractivity contribution in [2.75, 3.05) is 5.32 Å². The highest BCUT2D eigenvalue weighted by Crippen LogP contribution is 2.28. The van der Waals surface area contributed by atoms with Gasteiger partial charge in [-0.2, -0.15) is 0 Å². The monoisotopic (exact) mass is 506 g/mol. The van der Waals surface area contributed by atoms with Crippen molar-refractivity contribution < 1.29 is 9.18 Å². The molecule has 1 amide bonds. The van der Waals surface area contributed by atoms with E-state index in [1.54, 1.807) is 23.1 Å². The molecule has 1 aliphatic carbocycles. The van der Waals surface area contributed by atoms with Crippen LogP contribution in [0.1, 0.15) is 52.9 Å². The summed E-state index contributed by atoms with van der Waals surface area (Å²) in [7, 11) is 0. The molecule has 4 aromatic rings. The van der Waals surface area contributed by atoms with Crippen molar-refractivity contribution in [3.05, 3.63) is 119 Å². The fraction of sp³-hybridized carbons (Fsp3) is 0.219. The average molecular weight is 507 g/mol. The number of nitrogens with zero attached hydrogens (tertiary/aromatic N) is 3. The summed E-state index contributed by atoms with van der Waals surface area (Å²) < 4.78 is 15.0. The third kappa shape index (κ3) is 5.49. The van der Waals surface area contributed by atoms with Crippen LogP contribution in [0.25, 0.3) is 17.3 Å². The molecule has 0 saturated carbocycles. The van der Waals surface area contributed by atoms with Crippen LogP contribution in [0.15, 0.2) is 85.1 Å². The number of nitrogens with one attached hydrogen (secondary N) is 1. The zero-order chi connectivity index (χ0) is 26.5. The second-order valence-electron chi connectivity index (χ2n) is 9.73. The van der Waals surface area contributed by atoms with Crippen molar-refractivity contribution in [2.24, 2.45) is 0 Å². The summed E-state index contributed by atoms with van der Waals surface area (Å²) in [5.74, 6) is -0.333. The van der Waals surface area contributed by atoms with Crippen LogP contribution in [0.4, 0.5) is 10.3 Å². The van der Waals surface area contributed by atoms with Gasteiger partial charge in [-0.15, -0.1) is 0 Å². The van der Waals surface area contributed by atoms with Crippen LogP contribution in [0.2, 0.25) is 0 Å². The number of anilines is 1. The number of allylic oxidation sites excluding steroid dienone is 1. The average Bonchev–Trinajstić information content (AvgIpc) is 2.95. The van der Waals surface area contributed by atoms with E-state index in [2.05, 4.69) is 45.6 Å². The summed E-state index contributed by atoms with van der Waals surface area (Å²) >= 11 is 0. The predicted molar refractivity (Wildman–Crippen MR) is 150 cm³/mol. The molecule has 5 nitrogen and oxygen atoms in total. The topological polar surface area (TPSA) is 58.1 Å². The van der Waals surface area contributed by atoms with Gasteiger partial charge in [-0.1, -0.05) is 72.8 Å². The molecule has 0 unspecified atom stereocenters. The standard InChI is InChI=1S/C32H31FN4O/c1-22(2)37(21-23-11-4-3-5-12-23)31(38)28-20-35-32(36-30(28)27-17-8-9-18-29(27)33)34-19-25-15-10-14-24-13-6-7-16-26(24)25/h3-5,7-12,14-18,20,22H,6,13,19,21H2,1-2H3,(H,34,35,36). The Kier molecular flexibility index (Phi) is 7.59. The normalized spacial score (nSPS) is 12.3. The number of aromatic nitrogens is 2. The minimum atomic E-state index is -0.437. The van der Waals surface area contributed by atoms with Gasteiger partial charge in [0.2, 0.25) is 5.95 Å². The van der Waals surface area contributed by atoms with E-state index in [0.717, 1.165) is 24.0 Å². The van der Waals surface area contributed by atoms with E-state index in [-0.39, 0.29) is 28.8 Å². The van der Waals surface area contributed by atoms with E-state index in [1.165, 1.54) is 23.4 Å². The van der Waals surface area contributed by atoms with Gasteiger partial charge >= 0.3 is 0 Å².